The Labute approximate surface area is 90.8 Å². The number of nitrogens with two attached hydrogens (primary N) is 1. The standard InChI is InChI=1S/C11H9N3S/c12-11-10(8-4-3-7-15-8)13-9-5-1-2-6-14(9)11/h1-7H,12H2. The maximum Gasteiger partial charge on any atom is 0.139 e. The second-order valence-electron chi connectivity index (χ2n) is 3.25. The van der Waals surface area contributed by atoms with Gasteiger partial charge in [-0.15, -0.1) is 11.3 Å². The summed E-state index contributed by atoms with van der Waals surface area (Å²) in [5.74, 6) is 0.702. The fourth-order valence-electron chi connectivity index (χ4n) is 1.61. The lowest BCUT2D eigenvalue weighted by molar-refractivity contribution is 1.20. The van der Waals surface area contributed by atoms with Gasteiger partial charge >= 0.3 is 0 Å². The molecule has 0 aliphatic carbocycles. The molecule has 0 unspecified atom stereocenters. The third kappa shape index (κ3) is 1.22. The van der Waals surface area contributed by atoms with Gasteiger partial charge in [0.2, 0.25) is 0 Å². The van der Waals surface area contributed by atoms with Gasteiger partial charge in [-0.1, -0.05) is 12.1 Å². The third-order valence-electron chi connectivity index (χ3n) is 2.32. The van der Waals surface area contributed by atoms with E-state index in [4.69, 9.17) is 5.73 Å². The highest BCUT2D eigenvalue weighted by Crippen LogP contribution is 2.29. The van der Waals surface area contributed by atoms with Crippen LogP contribution in [-0.2, 0) is 0 Å². The van der Waals surface area contributed by atoms with Crippen LogP contribution < -0.4 is 5.73 Å². The number of hydrogen-bond donors (Lipinski definition) is 1. The van der Waals surface area contributed by atoms with Crippen molar-refractivity contribution in [3.8, 4) is 10.6 Å². The quantitative estimate of drug-likeness (QED) is 0.678. The summed E-state index contributed by atoms with van der Waals surface area (Å²) in [6.07, 6.45) is 1.93. The number of thiophene rings is 1. The van der Waals surface area contributed by atoms with Crippen molar-refractivity contribution >= 4 is 22.8 Å². The first-order chi connectivity index (χ1) is 7.36. The van der Waals surface area contributed by atoms with Gasteiger partial charge in [0.25, 0.3) is 0 Å². The number of anilines is 1. The molecule has 3 heterocycles. The molecule has 3 nitrogen and oxygen atoms in total. The Kier molecular flexibility index (Phi) is 1.76. The largest absolute Gasteiger partial charge is 0.383 e. The van der Waals surface area contributed by atoms with Gasteiger partial charge in [-0.25, -0.2) is 4.98 Å². The molecule has 0 aromatic carbocycles. The topological polar surface area (TPSA) is 43.3 Å². The molecule has 0 aliphatic rings. The molecule has 3 aromatic heterocycles. The Bertz CT molecular complexity index is 595. The zero-order chi connectivity index (χ0) is 10.3. The number of pyridine rings is 1. The highest BCUT2D eigenvalue weighted by Gasteiger charge is 2.10. The average Bonchev–Trinajstić information content (AvgIpc) is 2.87. The lowest BCUT2D eigenvalue weighted by atomic mass is 10.3. The Balaban J connectivity index is 2.33. The average molecular weight is 215 g/mol. The lowest BCUT2D eigenvalue weighted by Gasteiger charge is -1.95. The van der Waals surface area contributed by atoms with Crippen molar-refractivity contribution in [1.29, 1.82) is 0 Å². The minimum absolute atomic E-state index is 0.702. The molecular formula is C11H9N3S. The van der Waals surface area contributed by atoms with E-state index in [0.29, 0.717) is 5.82 Å². The summed E-state index contributed by atoms with van der Waals surface area (Å²) < 4.78 is 1.90. The van der Waals surface area contributed by atoms with Crippen LogP contribution in [-0.4, -0.2) is 9.38 Å². The summed E-state index contributed by atoms with van der Waals surface area (Å²) in [6, 6.07) is 9.89. The van der Waals surface area contributed by atoms with Gasteiger partial charge in [0.15, 0.2) is 0 Å². The number of rotatable bonds is 1. The smallest absolute Gasteiger partial charge is 0.139 e. The molecule has 0 saturated carbocycles. The Morgan fingerprint density at radius 1 is 1.20 bits per heavy atom. The van der Waals surface area contributed by atoms with Crippen molar-refractivity contribution in [2.45, 2.75) is 0 Å². The van der Waals surface area contributed by atoms with Crippen molar-refractivity contribution in [3.05, 3.63) is 41.9 Å². The molecule has 3 rings (SSSR count). The Morgan fingerprint density at radius 2 is 2.13 bits per heavy atom. The van der Waals surface area contributed by atoms with Gasteiger partial charge in [-0.2, -0.15) is 0 Å². The molecule has 0 aliphatic heterocycles. The van der Waals surface area contributed by atoms with Gasteiger partial charge in [0.1, 0.15) is 17.2 Å². The summed E-state index contributed by atoms with van der Waals surface area (Å²) in [4.78, 5) is 5.61. The Hall–Kier alpha value is -1.81. The van der Waals surface area contributed by atoms with Gasteiger partial charge in [-0.3, -0.25) is 4.40 Å². The van der Waals surface area contributed by atoms with Crippen molar-refractivity contribution in [2.24, 2.45) is 0 Å². The highest BCUT2D eigenvalue weighted by molar-refractivity contribution is 7.13. The number of fused-ring (bicyclic) bond motifs is 1. The Morgan fingerprint density at radius 3 is 2.87 bits per heavy atom. The van der Waals surface area contributed by atoms with E-state index in [2.05, 4.69) is 4.98 Å². The van der Waals surface area contributed by atoms with E-state index in [1.54, 1.807) is 11.3 Å². The summed E-state index contributed by atoms with van der Waals surface area (Å²) in [6.45, 7) is 0. The minimum Gasteiger partial charge on any atom is -0.383 e. The molecule has 0 atom stereocenters. The molecule has 15 heavy (non-hydrogen) atoms. The maximum absolute atomic E-state index is 6.04. The number of nitrogens with zero attached hydrogens (tertiary/aromatic N) is 2. The fourth-order valence-corrected chi connectivity index (χ4v) is 2.33. The van der Waals surface area contributed by atoms with E-state index in [1.165, 1.54) is 0 Å². The van der Waals surface area contributed by atoms with Crippen molar-refractivity contribution < 1.29 is 0 Å². The first-order valence-corrected chi connectivity index (χ1v) is 5.50. The van der Waals surface area contributed by atoms with Crippen LogP contribution in [0.5, 0.6) is 0 Å². The molecular weight excluding hydrogens is 206 g/mol. The van der Waals surface area contributed by atoms with Crippen LogP contribution in [0.2, 0.25) is 0 Å². The van der Waals surface area contributed by atoms with Crippen LogP contribution in [0, 0.1) is 0 Å². The van der Waals surface area contributed by atoms with E-state index in [0.717, 1.165) is 16.2 Å². The normalized spacial score (nSPS) is 10.9. The SMILES string of the molecule is Nc1c(-c2cccs2)nc2ccccn12. The van der Waals surface area contributed by atoms with E-state index in [9.17, 15) is 0 Å². The molecule has 0 radical (unpaired) electrons. The van der Waals surface area contributed by atoms with Crippen molar-refractivity contribution in [3.63, 3.8) is 0 Å². The molecule has 3 aromatic rings. The van der Waals surface area contributed by atoms with Crippen LogP contribution in [0.15, 0.2) is 41.9 Å². The zero-order valence-electron chi connectivity index (χ0n) is 7.92. The number of hydrogen-bond acceptors (Lipinski definition) is 3. The van der Waals surface area contributed by atoms with Gasteiger partial charge in [-0.05, 0) is 23.6 Å². The first-order valence-electron chi connectivity index (χ1n) is 4.63. The van der Waals surface area contributed by atoms with E-state index < -0.39 is 0 Å². The van der Waals surface area contributed by atoms with E-state index >= 15 is 0 Å². The fraction of sp³-hybridized carbons (Fsp3) is 0. The van der Waals surface area contributed by atoms with E-state index in [1.807, 2.05) is 46.3 Å². The molecule has 0 spiro atoms. The minimum atomic E-state index is 0.702. The molecule has 74 valence electrons. The molecule has 0 amide bonds. The molecule has 0 bridgehead atoms. The van der Waals surface area contributed by atoms with Crippen LogP contribution in [0.3, 0.4) is 0 Å². The van der Waals surface area contributed by atoms with Crippen molar-refractivity contribution in [2.75, 3.05) is 5.73 Å². The molecule has 4 heteroatoms. The maximum atomic E-state index is 6.04. The summed E-state index contributed by atoms with van der Waals surface area (Å²) in [5, 5.41) is 2.03. The van der Waals surface area contributed by atoms with Crippen LogP contribution >= 0.6 is 11.3 Å². The van der Waals surface area contributed by atoms with Crippen molar-refractivity contribution in [1.82, 2.24) is 9.38 Å². The highest BCUT2D eigenvalue weighted by atomic mass is 32.1. The molecule has 0 saturated heterocycles. The summed E-state index contributed by atoms with van der Waals surface area (Å²) in [5.41, 5.74) is 7.80. The first kappa shape index (κ1) is 8.49. The second-order valence-corrected chi connectivity index (χ2v) is 4.20. The van der Waals surface area contributed by atoms with Gasteiger partial charge in [0.05, 0.1) is 4.88 Å². The lowest BCUT2D eigenvalue weighted by Crippen LogP contribution is -1.92. The summed E-state index contributed by atoms with van der Waals surface area (Å²) in [7, 11) is 0. The number of aromatic nitrogens is 2. The number of nitrogen functional groups attached to an aromatic ring is 1. The third-order valence-corrected chi connectivity index (χ3v) is 3.20. The van der Waals surface area contributed by atoms with Gasteiger partial charge in [0, 0.05) is 6.20 Å². The molecule has 2 N–H and O–H groups in total. The number of imidazole rings is 1. The molecule has 0 fully saturated rings. The monoisotopic (exact) mass is 215 g/mol. The van der Waals surface area contributed by atoms with Crippen LogP contribution in [0.1, 0.15) is 0 Å². The van der Waals surface area contributed by atoms with Gasteiger partial charge < -0.3 is 5.73 Å². The summed E-state index contributed by atoms with van der Waals surface area (Å²) >= 11 is 1.65. The second kappa shape index (κ2) is 3.10. The predicted octanol–water partition coefficient (Wildman–Crippen LogP) is 2.65. The van der Waals surface area contributed by atoms with Crippen LogP contribution in [0.4, 0.5) is 5.82 Å². The van der Waals surface area contributed by atoms with Crippen LogP contribution in [0.25, 0.3) is 16.2 Å². The zero-order valence-corrected chi connectivity index (χ0v) is 8.74. The van der Waals surface area contributed by atoms with E-state index in [-0.39, 0.29) is 0 Å². The predicted molar refractivity (Wildman–Crippen MR) is 62.9 cm³/mol.